The predicted molar refractivity (Wildman–Crippen MR) is 113 cm³/mol. The lowest BCUT2D eigenvalue weighted by Gasteiger charge is -2.46. The lowest BCUT2D eigenvalue weighted by molar-refractivity contribution is -0.119. The van der Waals surface area contributed by atoms with Crippen molar-refractivity contribution < 1.29 is 20.1 Å². The summed E-state index contributed by atoms with van der Waals surface area (Å²) in [5.74, 6) is 1.27. The van der Waals surface area contributed by atoms with Crippen LogP contribution in [-0.4, -0.2) is 39.4 Å². The Balaban J connectivity index is 1.66. The first-order valence-electron chi connectivity index (χ1n) is 11.4. The molecule has 0 heterocycles. The second kappa shape index (κ2) is 7.79. The van der Waals surface area contributed by atoms with Crippen molar-refractivity contribution in [1.82, 2.24) is 0 Å². The number of aliphatic hydroxyl groups excluding tert-OH is 3. The van der Waals surface area contributed by atoms with Gasteiger partial charge in [-0.15, -0.1) is 0 Å². The van der Waals surface area contributed by atoms with Gasteiger partial charge < -0.3 is 15.3 Å². The molecule has 4 nitrogen and oxygen atoms in total. The van der Waals surface area contributed by atoms with Crippen LogP contribution in [0.3, 0.4) is 0 Å². The molecule has 0 radical (unpaired) electrons. The molecule has 4 aliphatic rings. The summed E-state index contributed by atoms with van der Waals surface area (Å²) in [7, 11) is 0. The van der Waals surface area contributed by atoms with Gasteiger partial charge >= 0.3 is 0 Å². The number of carbonyl (C=O) groups excluding carboxylic acids is 1. The molecule has 0 amide bonds. The molecule has 4 rings (SSSR count). The Morgan fingerprint density at radius 1 is 1.28 bits per heavy atom. The molecule has 2 unspecified atom stereocenters. The van der Waals surface area contributed by atoms with Crippen molar-refractivity contribution in [2.75, 3.05) is 0 Å². The van der Waals surface area contributed by atoms with E-state index in [-0.39, 0.29) is 17.1 Å². The van der Waals surface area contributed by atoms with Crippen LogP contribution in [0.25, 0.3) is 0 Å². The highest BCUT2D eigenvalue weighted by atomic mass is 16.3. The topological polar surface area (TPSA) is 77.8 Å². The second-order valence-corrected chi connectivity index (χ2v) is 10.3. The molecule has 4 heteroatoms. The zero-order valence-electron chi connectivity index (χ0n) is 18.0. The van der Waals surface area contributed by atoms with Crippen molar-refractivity contribution in [3.63, 3.8) is 0 Å². The molecule has 160 valence electrons. The van der Waals surface area contributed by atoms with E-state index in [4.69, 9.17) is 0 Å². The lowest BCUT2D eigenvalue weighted by Crippen LogP contribution is -2.37. The highest BCUT2D eigenvalue weighted by Gasteiger charge is 2.53. The number of aliphatic hydroxyl groups is 3. The minimum atomic E-state index is -0.827. The SMILES string of the molecule is C/C(=C/C(O)C(C)O)[C@H]1CC[C@H]2C3=CC(=O)[C@H]4CC(=CC[C@H](O)C4)[C@H]3CC[C@]12C. The Hall–Kier alpha value is -1.23. The summed E-state index contributed by atoms with van der Waals surface area (Å²) in [4.78, 5) is 13.0. The highest BCUT2D eigenvalue weighted by Crippen LogP contribution is 2.62. The zero-order valence-corrected chi connectivity index (χ0v) is 18.0. The van der Waals surface area contributed by atoms with E-state index in [2.05, 4.69) is 19.9 Å². The number of rotatable bonds is 3. The molecule has 8 atom stereocenters. The third-order valence-corrected chi connectivity index (χ3v) is 8.44. The summed E-state index contributed by atoms with van der Waals surface area (Å²) in [5.41, 5.74) is 3.97. The maximum Gasteiger partial charge on any atom is 0.159 e. The molecule has 3 N–H and O–H groups in total. The van der Waals surface area contributed by atoms with Crippen molar-refractivity contribution in [2.45, 2.75) is 84.0 Å². The molecule has 0 saturated heterocycles. The molecular weight excluding hydrogens is 364 g/mol. The van der Waals surface area contributed by atoms with Gasteiger partial charge in [0.25, 0.3) is 0 Å². The van der Waals surface area contributed by atoms with Crippen LogP contribution in [0, 0.1) is 29.1 Å². The minimum absolute atomic E-state index is 0.0665. The van der Waals surface area contributed by atoms with Crippen molar-refractivity contribution in [2.24, 2.45) is 29.1 Å². The first-order chi connectivity index (χ1) is 13.7. The van der Waals surface area contributed by atoms with Gasteiger partial charge in [-0.3, -0.25) is 4.79 Å². The van der Waals surface area contributed by atoms with E-state index in [1.54, 1.807) is 6.92 Å². The van der Waals surface area contributed by atoms with Gasteiger partial charge in [0.1, 0.15) is 0 Å². The Bertz CT molecular complexity index is 761. The first-order valence-corrected chi connectivity index (χ1v) is 11.4. The number of ketones is 1. The van der Waals surface area contributed by atoms with Gasteiger partial charge in [0.15, 0.2) is 5.78 Å². The van der Waals surface area contributed by atoms with Crippen LogP contribution in [0.2, 0.25) is 0 Å². The Kier molecular flexibility index (Phi) is 5.65. The normalized spacial score (nSPS) is 42.1. The number of hydrogen-bond acceptors (Lipinski definition) is 4. The van der Waals surface area contributed by atoms with E-state index in [0.717, 1.165) is 32.1 Å². The fraction of sp³-hybridized carbons (Fsp3) is 0.720. The van der Waals surface area contributed by atoms with Crippen LogP contribution in [0.4, 0.5) is 0 Å². The standard InChI is InChI=1S/C25H36O4/c1-14(10-23(28)15(2)26)21-6-7-22-20-13-24(29)17-11-16(4-5-18(27)12-17)19(20)8-9-25(21,22)3/h4,10,13,15,17-19,21-23,26-28H,5-9,11-12H2,1-3H3/b14-10-/t15?,17-,18-,19+,21+,22-,23?,25+/m0/s1. The number of allylic oxidation sites excluding steroid dienone is 4. The van der Waals surface area contributed by atoms with Gasteiger partial charge in [0.05, 0.1) is 18.3 Å². The number of hydrogen-bond donors (Lipinski definition) is 3. The number of fused-ring (bicyclic) bond motifs is 6. The van der Waals surface area contributed by atoms with Gasteiger partial charge in [0.2, 0.25) is 0 Å². The number of carbonyl (C=O) groups is 1. The quantitative estimate of drug-likeness (QED) is 0.631. The van der Waals surface area contributed by atoms with Gasteiger partial charge in [-0.05, 0) is 82.1 Å². The summed E-state index contributed by atoms with van der Waals surface area (Å²) in [6, 6.07) is 0. The molecule has 2 bridgehead atoms. The van der Waals surface area contributed by atoms with Crippen molar-refractivity contribution in [1.29, 1.82) is 0 Å². The highest BCUT2D eigenvalue weighted by molar-refractivity contribution is 5.93. The van der Waals surface area contributed by atoms with Crippen LogP contribution >= 0.6 is 0 Å². The molecule has 2 saturated carbocycles. The second-order valence-electron chi connectivity index (χ2n) is 10.3. The summed E-state index contributed by atoms with van der Waals surface area (Å²) in [6.07, 6.45) is 10.4. The largest absolute Gasteiger partial charge is 0.393 e. The molecule has 0 spiro atoms. The van der Waals surface area contributed by atoms with E-state index < -0.39 is 18.3 Å². The third-order valence-electron chi connectivity index (χ3n) is 8.44. The van der Waals surface area contributed by atoms with E-state index in [0.29, 0.717) is 30.6 Å². The maximum absolute atomic E-state index is 13.0. The molecule has 0 aromatic heterocycles. The molecular formula is C25H36O4. The Labute approximate surface area is 174 Å². The van der Waals surface area contributed by atoms with E-state index in [1.165, 1.54) is 16.7 Å². The average Bonchev–Trinajstić information content (AvgIpc) is 2.80. The Morgan fingerprint density at radius 3 is 2.76 bits per heavy atom. The molecule has 29 heavy (non-hydrogen) atoms. The summed E-state index contributed by atoms with van der Waals surface area (Å²) < 4.78 is 0. The average molecular weight is 401 g/mol. The molecule has 0 aromatic carbocycles. The summed E-state index contributed by atoms with van der Waals surface area (Å²) >= 11 is 0. The van der Waals surface area contributed by atoms with Crippen LogP contribution in [0.1, 0.15) is 65.7 Å². The predicted octanol–water partition coefficient (Wildman–Crippen LogP) is 3.71. The molecule has 4 aliphatic carbocycles. The summed E-state index contributed by atoms with van der Waals surface area (Å²) in [5, 5.41) is 30.0. The first kappa shape index (κ1) is 21.0. The Morgan fingerprint density at radius 2 is 2.03 bits per heavy atom. The van der Waals surface area contributed by atoms with Crippen molar-refractivity contribution in [3.05, 3.63) is 34.9 Å². The van der Waals surface area contributed by atoms with E-state index >= 15 is 0 Å². The van der Waals surface area contributed by atoms with Gasteiger partial charge in [0, 0.05) is 11.8 Å². The maximum atomic E-state index is 13.0. The van der Waals surface area contributed by atoms with Gasteiger partial charge in [-0.1, -0.05) is 35.8 Å². The van der Waals surface area contributed by atoms with E-state index in [1.807, 2.05) is 12.2 Å². The van der Waals surface area contributed by atoms with Crippen LogP contribution in [0.5, 0.6) is 0 Å². The summed E-state index contributed by atoms with van der Waals surface area (Å²) in [6.45, 7) is 6.07. The smallest absolute Gasteiger partial charge is 0.159 e. The lowest BCUT2D eigenvalue weighted by atomic mass is 9.58. The van der Waals surface area contributed by atoms with Crippen molar-refractivity contribution in [3.8, 4) is 0 Å². The molecule has 0 aliphatic heterocycles. The fourth-order valence-corrected chi connectivity index (χ4v) is 6.82. The minimum Gasteiger partial charge on any atom is -0.393 e. The van der Waals surface area contributed by atoms with Gasteiger partial charge in [-0.2, -0.15) is 0 Å². The van der Waals surface area contributed by atoms with Crippen LogP contribution < -0.4 is 0 Å². The molecule has 2 fully saturated rings. The third kappa shape index (κ3) is 3.68. The fourth-order valence-electron chi connectivity index (χ4n) is 6.82. The monoisotopic (exact) mass is 400 g/mol. The van der Waals surface area contributed by atoms with E-state index in [9.17, 15) is 20.1 Å². The molecule has 0 aromatic rings. The van der Waals surface area contributed by atoms with Crippen molar-refractivity contribution >= 4 is 5.78 Å². The van der Waals surface area contributed by atoms with Crippen LogP contribution in [-0.2, 0) is 4.79 Å². The van der Waals surface area contributed by atoms with Gasteiger partial charge in [-0.25, -0.2) is 0 Å². The van der Waals surface area contributed by atoms with Crippen LogP contribution in [0.15, 0.2) is 34.9 Å². The zero-order chi connectivity index (χ0) is 20.9.